The van der Waals surface area contributed by atoms with Crippen LogP contribution in [0.5, 0.6) is 0 Å². The van der Waals surface area contributed by atoms with Crippen molar-refractivity contribution in [3.05, 3.63) is 29.8 Å². The summed E-state index contributed by atoms with van der Waals surface area (Å²) >= 11 is 0. The summed E-state index contributed by atoms with van der Waals surface area (Å²) < 4.78 is 5.68. The van der Waals surface area contributed by atoms with Gasteiger partial charge in [-0.3, -0.25) is 4.90 Å². The summed E-state index contributed by atoms with van der Waals surface area (Å²) in [6.07, 6.45) is 3.23. The topological polar surface area (TPSA) is 77.1 Å². The van der Waals surface area contributed by atoms with Crippen molar-refractivity contribution in [2.45, 2.75) is 69.9 Å². The minimum atomic E-state index is -0.610. The Kier molecular flexibility index (Phi) is 4.67. The van der Waals surface area contributed by atoms with E-state index in [9.17, 15) is 15.3 Å². The van der Waals surface area contributed by atoms with Crippen LogP contribution in [0, 0.1) is 28.6 Å². The van der Waals surface area contributed by atoms with E-state index in [1.54, 1.807) is 4.90 Å². The highest BCUT2D eigenvalue weighted by Crippen LogP contribution is 2.56. The zero-order valence-electron chi connectivity index (χ0n) is 15.7. The Morgan fingerprint density at radius 3 is 2.73 bits per heavy atom. The van der Waals surface area contributed by atoms with Gasteiger partial charge in [-0.2, -0.15) is 10.5 Å². The summed E-state index contributed by atoms with van der Waals surface area (Å²) in [6, 6.07) is 12.3. The first-order chi connectivity index (χ1) is 12.3. The van der Waals surface area contributed by atoms with E-state index in [0.29, 0.717) is 12.8 Å². The van der Waals surface area contributed by atoms with Crippen LogP contribution in [0.3, 0.4) is 0 Å². The molecule has 1 aliphatic carbocycles. The highest BCUT2D eigenvalue weighted by atomic mass is 16.6. The van der Waals surface area contributed by atoms with E-state index >= 15 is 0 Å². The number of hydrogen-bond acceptors (Lipinski definition) is 4. The quantitative estimate of drug-likeness (QED) is 0.775. The number of carbonyl (C=O) groups is 1. The molecule has 5 nitrogen and oxygen atoms in total. The minimum absolute atomic E-state index is 0.262. The van der Waals surface area contributed by atoms with Crippen molar-refractivity contribution in [2.24, 2.45) is 5.92 Å². The lowest BCUT2D eigenvalue weighted by Crippen LogP contribution is -2.54. The van der Waals surface area contributed by atoms with E-state index in [0.717, 1.165) is 30.5 Å². The lowest BCUT2D eigenvalue weighted by molar-refractivity contribution is 0.0529. The van der Waals surface area contributed by atoms with E-state index in [-0.39, 0.29) is 17.4 Å². The van der Waals surface area contributed by atoms with Crippen LogP contribution in [0.15, 0.2) is 24.3 Å². The van der Waals surface area contributed by atoms with Crippen LogP contribution >= 0.6 is 0 Å². The molecule has 0 saturated heterocycles. The van der Waals surface area contributed by atoms with Crippen molar-refractivity contribution in [3.63, 3.8) is 0 Å². The predicted octanol–water partition coefficient (Wildman–Crippen LogP) is 4.68. The maximum absolute atomic E-state index is 13.1. The molecule has 0 spiro atoms. The fourth-order valence-electron chi connectivity index (χ4n) is 4.65. The number of hydrogen-bond donors (Lipinski definition) is 0. The Bertz CT molecular complexity index is 784. The van der Waals surface area contributed by atoms with Crippen molar-refractivity contribution in [2.75, 3.05) is 4.90 Å². The SMILES string of the molecule is CC(C)(C)OC(=O)N1c2ccccc2[C@]2(CCC#N)CCC[C@@H](C#N)[C@H]12. The molecule has 1 aromatic carbocycles. The number of carbonyl (C=O) groups excluding carboxylic acids is 1. The van der Waals surface area contributed by atoms with Gasteiger partial charge < -0.3 is 4.74 Å². The molecule has 2 aliphatic rings. The number of anilines is 1. The first-order valence-electron chi connectivity index (χ1n) is 9.22. The van der Waals surface area contributed by atoms with Crippen LogP contribution in [-0.2, 0) is 10.2 Å². The molecule has 0 aromatic heterocycles. The van der Waals surface area contributed by atoms with Crippen LogP contribution in [-0.4, -0.2) is 17.7 Å². The number of para-hydroxylation sites is 1. The average molecular weight is 351 g/mol. The number of amides is 1. The first-order valence-corrected chi connectivity index (χ1v) is 9.22. The molecule has 0 bridgehead atoms. The monoisotopic (exact) mass is 351 g/mol. The molecule has 1 aromatic rings. The normalized spacial score (nSPS) is 27.0. The van der Waals surface area contributed by atoms with Crippen LogP contribution in [0.2, 0.25) is 0 Å². The van der Waals surface area contributed by atoms with Gasteiger partial charge in [0.1, 0.15) is 5.60 Å². The molecule has 1 fully saturated rings. The Morgan fingerprint density at radius 2 is 2.08 bits per heavy atom. The number of benzene rings is 1. The summed E-state index contributed by atoms with van der Waals surface area (Å²) in [5.74, 6) is -0.262. The van der Waals surface area contributed by atoms with Gasteiger partial charge in [-0.15, -0.1) is 0 Å². The molecule has 136 valence electrons. The Hall–Kier alpha value is -2.53. The Balaban J connectivity index is 2.14. The summed E-state index contributed by atoms with van der Waals surface area (Å²) in [5.41, 5.74) is 0.945. The molecule has 3 atom stereocenters. The first kappa shape index (κ1) is 18.3. The molecular formula is C21H25N3O2. The van der Waals surface area contributed by atoms with Gasteiger partial charge >= 0.3 is 6.09 Å². The zero-order chi connectivity index (χ0) is 18.9. The fourth-order valence-corrected chi connectivity index (χ4v) is 4.65. The molecular weight excluding hydrogens is 326 g/mol. The summed E-state index contributed by atoms with van der Waals surface area (Å²) in [6.45, 7) is 5.54. The number of nitriles is 2. The fraction of sp³-hybridized carbons (Fsp3) is 0.571. The molecule has 26 heavy (non-hydrogen) atoms. The smallest absolute Gasteiger partial charge is 0.415 e. The third-order valence-corrected chi connectivity index (χ3v) is 5.50. The van der Waals surface area contributed by atoms with Crippen LogP contribution in [0.1, 0.15) is 58.4 Å². The van der Waals surface area contributed by atoms with Gasteiger partial charge in [0.15, 0.2) is 0 Å². The van der Waals surface area contributed by atoms with E-state index in [1.165, 1.54) is 0 Å². The van der Waals surface area contributed by atoms with Crippen molar-refractivity contribution in [1.29, 1.82) is 10.5 Å². The van der Waals surface area contributed by atoms with Gasteiger partial charge in [-0.25, -0.2) is 4.79 Å². The molecule has 5 heteroatoms. The van der Waals surface area contributed by atoms with E-state index < -0.39 is 11.7 Å². The van der Waals surface area contributed by atoms with Crippen LogP contribution < -0.4 is 4.90 Å². The van der Waals surface area contributed by atoms with Gasteiger partial charge in [0.2, 0.25) is 0 Å². The van der Waals surface area contributed by atoms with Crippen LogP contribution in [0.25, 0.3) is 0 Å². The second-order valence-corrected chi connectivity index (χ2v) is 8.25. The van der Waals surface area contributed by atoms with Crippen molar-refractivity contribution < 1.29 is 9.53 Å². The number of rotatable bonds is 2. The Morgan fingerprint density at radius 1 is 1.35 bits per heavy atom. The van der Waals surface area contributed by atoms with Crippen LogP contribution in [0.4, 0.5) is 10.5 Å². The van der Waals surface area contributed by atoms with E-state index in [4.69, 9.17) is 4.74 Å². The lowest BCUT2D eigenvalue weighted by atomic mass is 9.62. The van der Waals surface area contributed by atoms with Gasteiger partial charge in [0.05, 0.1) is 29.8 Å². The minimum Gasteiger partial charge on any atom is -0.443 e. The zero-order valence-corrected chi connectivity index (χ0v) is 15.7. The highest BCUT2D eigenvalue weighted by molar-refractivity contribution is 5.93. The van der Waals surface area contributed by atoms with E-state index in [2.05, 4.69) is 12.1 Å². The number of ether oxygens (including phenoxy) is 1. The molecule has 3 rings (SSSR count). The number of nitrogens with zero attached hydrogens (tertiary/aromatic N) is 3. The average Bonchev–Trinajstić information content (AvgIpc) is 2.89. The summed E-state index contributed by atoms with van der Waals surface area (Å²) in [7, 11) is 0. The van der Waals surface area contributed by atoms with Gasteiger partial charge in [-0.1, -0.05) is 24.6 Å². The maximum Gasteiger partial charge on any atom is 0.415 e. The molecule has 1 saturated carbocycles. The van der Waals surface area contributed by atoms with Crippen molar-refractivity contribution in [1.82, 2.24) is 0 Å². The third kappa shape index (κ3) is 2.92. The molecule has 1 aliphatic heterocycles. The standard InChI is InChI=1S/C21H25N3O2/c1-20(2,3)26-19(25)24-17-10-5-4-9-16(17)21(12-7-13-22)11-6-8-15(14-23)18(21)24/h4-5,9-10,15,18H,6-8,11-12H2,1-3H3/t15-,18-,21+/m0/s1. The van der Waals surface area contributed by atoms with E-state index in [1.807, 2.05) is 45.0 Å². The molecule has 0 N–H and O–H groups in total. The second-order valence-electron chi connectivity index (χ2n) is 8.25. The maximum atomic E-state index is 13.1. The Labute approximate surface area is 155 Å². The molecule has 1 amide bonds. The summed E-state index contributed by atoms with van der Waals surface area (Å²) in [5, 5.41) is 19.0. The molecule has 0 radical (unpaired) electrons. The highest BCUT2D eigenvalue weighted by Gasteiger charge is 2.57. The van der Waals surface area contributed by atoms with Gasteiger partial charge in [-0.05, 0) is 51.7 Å². The van der Waals surface area contributed by atoms with Gasteiger partial charge in [0, 0.05) is 11.8 Å². The predicted molar refractivity (Wildman–Crippen MR) is 98.4 cm³/mol. The molecule has 0 unspecified atom stereocenters. The molecule has 1 heterocycles. The summed E-state index contributed by atoms with van der Waals surface area (Å²) in [4.78, 5) is 14.8. The second kappa shape index (κ2) is 6.65. The van der Waals surface area contributed by atoms with Crippen molar-refractivity contribution >= 4 is 11.8 Å². The largest absolute Gasteiger partial charge is 0.443 e. The third-order valence-electron chi connectivity index (χ3n) is 5.50. The lowest BCUT2D eigenvalue weighted by Gasteiger charge is -2.44. The van der Waals surface area contributed by atoms with Crippen molar-refractivity contribution in [3.8, 4) is 12.1 Å². The van der Waals surface area contributed by atoms with Gasteiger partial charge in [0.25, 0.3) is 0 Å². The number of fused-ring (bicyclic) bond motifs is 3.